The fourth-order valence-corrected chi connectivity index (χ4v) is 2.98. The molecule has 0 saturated heterocycles. The van der Waals surface area contributed by atoms with Gasteiger partial charge in [-0.3, -0.25) is 10.1 Å². The first-order valence-electron chi connectivity index (χ1n) is 8.79. The highest BCUT2D eigenvalue weighted by Gasteiger charge is 2.18. The van der Waals surface area contributed by atoms with Crippen molar-refractivity contribution >= 4 is 46.2 Å². The van der Waals surface area contributed by atoms with Gasteiger partial charge in [0.05, 0.1) is 6.20 Å². The molecule has 0 aliphatic heterocycles. The molecule has 1 aromatic carbocycles. The maximum absolute atomic E-state index is 12.1. The largest absolute Gasteiger partial charge is 0.441 e. The van der Waals surface area contributed by atoms with Gasteiger partial charge in [0.25, 0.3) is 0 Å². The Balaban J connectivity index is 1.57. The molecule has 0 spiro atoms. The average molecular weight is 411 g/mol. The van der Waals surface area contributed by atoms with E-state index in [1.54, 1.807) is 30.6 Å². The van der Waals surface area contributed by atoms with Gasteiger partial charge in [0.15, 0.2) is 5.13 Å². The number of carbonyl (C=O) groups is 2. The van der Waals surface area contributed by atoms with Gasteiger partial charge in [0.2, 0.25) is 11.8 Å². The highest BCUT2D eigenvalue weighted by atomic mass is 32.1. The van der Waals surface area contributed by atoms with Crippen LogP contribution in [-0.2, 0) is 5.41 Å². The summed E-state index contributed by atoms with van der Waals surface area (Å²) in [4.78, 5) is 32.4. The van der Waals surface area contributed by atoms with Gasteiger partial charge in [0, 0.05) is 33.8 Å². The molecule has 0 unspecified atom stereocenters. The molecule has 0 saturated carbocycles. The van der Waals surface area contributed by atoms with E-state index in [1.807, 2.05) is 6.08 Å². The fourth-order valence-electron chi connectivity index (χ4n) is 2.26. The minimum atomic E-state index is -0.524. The number of carbonyl (C=O) groups excluding carboxylic acids is 2. The Morgan fingerprint density at radius 2 is 1.79 bits per heavy atom. The molecular formula is C20H21N5O3S. The van der Waals surface area contributed by atoms with E-state index in [-0.39, 0.29) is 5.41 Å². The van der Waals surface area contributed by atoms with Gasteiger partial charge in [0.1, 0.15) is 5.76 Å². The van der Waals surface area contributed by atoms with Gasteiger partial charge in [-0.05, 0) is 30.3 Å². The van der Waals surface area contributed by atoms with Gasteiger partial charge in [-0.25, -0.2) is 14.8 Å². The second kappa shape index (κ2) is 8.27. The smallest absolute Gasteiger partial charge is 0.325 e. The summed E-state index contributed by atoms with van der Waals surface area (Å²) in [5.41, 5.74) is 5.99. The lowest BCUT2D eigenvalue weighted by Crippen LogP contribution is -2.19. The zero-order chi connectivity index (χ0) is 21.0. The lowest BCUT2D eigenvalue weighted by atomic mass is 9.94. The van der Waals surface area contributed by atoms with Crippen molar-refractivity contribution in [3.05, 3.63) is 58.8 Å². The van der Waals surface area contributed by atoms with Crippen molar-refractivity contribution in [3.63, 3.8) is 0 Å². The zero-order valence-electron chi connectivity index (χ0n) is 16.2. The summed E-state index contributed by atoms with van der Waals surface area (Å²) in [6, 6.07) is 5.83. The number of amides is 3. The van der Waals surface area contributed by atoms with Crippen LogP contribution in [-0.4, -0.2) is 21.9 Å². The minimum absolute atomic E-state index is 0.103. The number of primary amides is 1. The number of hydrogen-bond donors (Lipinski definition) is 3. The lowest BCUT2D eigenvalue weighted by molar-refractivity contribution is 0.100. The molecule has 0 atom stereocenters. The van der Waals surface area contributed by atoms with Crippen LogP contribution in [0.5, 0.6) is 0 Å². The van der Waals surface area contributed by atoms with E-state index in [0.29, 0.717) is 22.3 Å². The molecule has 0 bridgehead atoms. The van der Waals surface area contributed by atoms with Crippen LogP contribution < -0.4 is 16.4 Å². The summed E-state index contributed by atoms with van der Waals surface area (Å²) in [5, 5.41) is 5.77. The van der Waals surface area contributed by atoms with Crippen LogP contribution in [0.4, 0.5) is 15.6 Å². The Hall–Kier alpha value is -3.46. The molecule has 2 aromatic heterocycles. The maximum atomic E-state index is 12.1. The Bertz CT molecular complexity index is 1040. The van der Waals surface area contributed by atoms with Crippen molar-refractivity contribution in [3.8, 4) is 0 Å². The summed E-state index contributed by atoms with van der Waals surface area (Å²) in [6.07, 6.45) is 6.94. The van der Waals surface area contributed by atoms with Crippen LogP contribution >= 0.6 is 11.3 Å². The Morgan fingerprint density at radius 3 is 2.41 bits per heavy atom. The first-order chi connectivity index (χ1) is 13.7. The number of benzene rings is 1. The van der Waals surface area contributed by atoms with Crippen LogP contribution in [0.15, 0.2) is 41.1 Å². The predicted molar refractivity (Wildman–Crippen MR) is 114 cm³/mol. The molecule has 0 radical (unpaired) electrons. The number of aromatic nitrogens is 2. The highest BCUT2D eigenvalue weighted by molar-refractivity contribution is 7.16. The summed E-state index contributed by atoms with van der Waals surface area (Å²) in [5.74, 6) is 0.795. The van der Waals surface area contributed by atoms with Crippen molar-refractivity contribution in [1.29, 1.82) is 0 Å². The molecule has 29 heavy (non-hydrogen) atoms. The Morgan fingerprint density at radius 1 is 1.07 bits per heavy atom. The van der Waals surface area contributed by atoms with Crippen molar-refractivity contribution in [1.82, 2.24) is 9.97 Å². The van der Waals surface area contributed by atoms with Gasteiger partial charge in [-0.1, -0.05) is 32.1 Å². The van der Waals surface area contributed by atoms with Crippen molar-refractivity contribution < 1.29 is 14.0 Å². The Kier molecular flexibility index (Phi) is 5.79. The quantitative estimate of drug-likeness (QED) is 0.576. The number of oxazole rings is 1. The van der Waals surface area contributed by atoms with Crippen LogP contribution in [0, 0.1) is 0 Å². The molecule has 0 aliphatic carbocycles. The number of thiazole rings is 1. The van der Waals surface area contributed by atoms with E-state index in [4.69, 9.17) is 10.2 Å². The van der Waals surface area contributed by atoms with Crippen LogP contribution in [0.1, 0.15) is 47.7 Å². The molecule has 150 valence electrons. The molecular weight excluding hydrogens is 390 g/mol. The molecule has 3 aromatic rings. The van der Waals surface area contributed by atoms with E-state index in [9.17, 15) is 9.59 Å². The number of urea groups is 1. The van der Waals surface area contributed by atoms with Crippen molar-refractivity contribution in [2.75, 3.05) is 10.6 Å². The van der Waals surface area contributed by atoms with Crippen LogP contribution in [0.3, 0.4) is 0 Å². The van der Waals surface area contributed by atoms with Gasteiger partial charge >= 0.3 is 6.03 Å². The first-order valence-corrected chi connectivity index (χ1v) is 9.60. The molecule has 8 nitrogen and oxygen atoms in total. The topological polar surface area (TPSA) is 123 Å². The number of nitrogens with one attached hydrogen (secondary N) is 2. The molecule has 2 heterocycles. The van der Waals surface area contributed by atoms with E-state index < -0.39 is 11.9 Å². The minimum Gasteiger partial charge on any atom is -0.441 e. The van der Waals surface area contributed by atoms with Gasteiger partial charge in [-0.2, -0.15) is 0 Å². The molecule has 0 aliphatic rings. The molecule has 4 N–H and O–H groups in total. The van der Waals surface area contributed by atoms with E-state index in [2.05, 4.69) is 41.4 Å². The van der Waals surface area contributed by atoms with Crippen molar-refractivity contribution in [2.24, 2.45) is 5.73 Å². The van der Waals surface area contributed by atoms with Crippen LogP contribution in [0.2, 0.25) is 0 Å². The van der Waals surface area contributed by atoms with E-state index >= 15 is 0 Å². The fraction of sp³-hybridized carbons (Fsp3) is 0.200. The standard InChI is InChI=1S/C20H21N5O3S/c1-20(2,3)15-11-22-16(28-15)9-8-14-10-23-19(29-14)25-18(27)24-13-6-4-12(5-7-13)17(21)26/h4-11H,1-3H3,(H2,21,26)(H2,23,24,25,27). The number of hydrogen-bond acceptors (Lipinski definition) is 6. The number of rotatable bonds is 5. The predicted octanol–water partition coefficient (Wildman–Crippen LogP) is 4.34. The Labute approximate surface area is 171 Å². The third-order valence-electron chi connectivity index (χ3n) is 3.82. The van der Waals surface area contributed by atoms with Gasteiger partial charge in [-0.15, -0.1) is 0 Å². The first kappa shape index (κ1) is 20.3. The molecule has 9 heteroatoms. The maximum Gasteiger partial charge on any atom is 0.325 e. The normalized spacial score (nSPS) is 11.6. The summed E-state index contributed by atoms with van der Waals surface area (Å²) < 4.78 is 5.71. The second-order valence-electron chi connectivity index (χ2n) is 7.23. The molecule has 0 fully saturated rings. The highest BCUT2D eigenvalue weighted by Crippen LogP contribution is 2.24. The number of nitrogens with zero attached hydrogens (tertiary/aromatic N) is 2. The second-order valence-corrected chi connectivity index (χ2v) is 8.30. The third-order valence-corrected chi connectivity index (χ3v) is 4.70. The molecule has 3 rings (SSSR count). The van der Waals surface area contributed by atoms with Gasteiger partial charge < -0.3 is 15.5 Å². The van der Waals surface area contributed by atoms with Crippen molar-refractivity contribution in [2.45, 2.75) is 26.2 Å². The SMILES string of the molecule is CC(C)(C)c1cnc(C=Cc2cnc(NC(=O)Nc3ccc(C(N)=O)cc3)s2)o1. The molecule has 3 amide bonds. The van der Waals surface area contributed by atoms with Crippen LogP contribution in [0.25, 0.3) is 12.2 Å². The van der Waals surface area contributed by atoms with E-state index in [1.165, 1.54) is 23.5 Å². The zero-order valence-corrected chi connectivity index (χ0v) is 17.0. The lowest BCUT2D eigenvalue weighted by Gasteiger charge is -2.12. The summed E-state index contributed by atoms with van der Waals surface area (Å²) in [7, 11) is 0. The number of anilines is 2. The summed E-state index contributed by atoms with van der Waals surface area (Å²) >= 11 is 1.31. The van der Waals surface area contributed by atoms with E-state index in [0.717, 1.165) is 10.6 Å². The number of nitrogens with two attached hydrogens (primary N) is 1. The third kappa shape index (κ3) is 5.52. The average Bonchev–Trinajstić information content (AvgIpc) is 3.29. The summed E-state index contributed by atoms with van der Waals surface area (Å²) in [6.45, 7) is 6.16. The monoisotopic (exact) mass is 411 g/mol.